The Morgan fingerprint density at radius 1 is 1.39 bits per heavy atom. The van der Waals surface area contributed by atoms with Gasteiger partial charge in [0.15, 0.2) is 0 Å². The maximum Gasteiger partial charge on any atom is 0.225 e. The fourth-order valence-electron chi connectivity index (χ4n) is 2.52. The van der Waals surface area contributed by atoms with E-state index in [2.05, 4.69) is 11.4 Å². The zero-order valence-corrected chi connectivity index (χ0v) is 13.6. The molecule has 0 spiro atoms. The van der Waals surface area contributed by atoms with Crippen LogP contribution in [0.4, 0.5) is 0 Å². The normalized spacial score (nSPS) is 17.4. The number of benzene rings is 1. The lowest BCUT2D eigenvalue weighted by molar-refractivity contribution is -0.129. The Bertz CT molecular complexity index is 604. The number of rotatable bonds is 6. The molecule has 1 atom stereocenters. The predicted octanol–water partition coefficient (Wildman–Crippen LogP) is 0.585. The van der Waals surface area contributed by atoms with Crippen LogP contribution in [0.1, 0.15) is 17.5 Å². The molecule has 1 aromatic carbocycles. The van der Waals surface area contributed by atoms with Gasteiger partial charge in [0.05, 0.1) is 17.6 Å². The first-order valence-corrected chi connectivity index (χ1v) is 7.69. The van der Waals surface area contributed by atoms with Crippen molar-refractivity contribution in [2.45, 2.75) is 13.0 Å². The largest absolute Gasteiger partial charge is 0.352 e. The lowest BCUT2D eigenvalue weighted by Gasteiger charge is -2.19. The van der Waals surface area contributed by atoms with Gasteiger partial charge >= 0.3 is 0 Å². The van der Waals surface area contributed by atoms with Crippen LogP contribution in [0.15, 0.2) is 24.3 Å². The first-order chi connectivity index (χ1) is 11.0. The SMILES string of the molecule is CN(C)CCN1C[C@@H](C(=O)NCc2ccc(C#N)cc2)CC1=O. The monoisotopic (exact) mass is 314 g/mol. The molecule has 1 aliphatic rings. The highest BCUT2D eigenvalue weighted by Gasteiger charge is 2.33. The summed E-state index contributed by atoms with van der Waals surface area (Å²) in [6, 6.07) is 9.15. The first-order valence-electron chi connectivity index (χ1n) is 7.69. The molecule has 0 unspecified atom stereocenters. The second-order valence-corrected chi connectivity index (χ2v) is 6.07. The van der Waals surface area contributed by atoms with Gasteiger partial charge in [0, 0.05) is 32.6 Å². The third-order valence-electron chi connectivity index (χ3n) is 3.95. The van der Waals surface area contributed by atoms with E-state index in [-0.39, 0.29) is 24.2 Å². The van der Waals surface area contributed by atoms with E-state index in [9.17, 15) is 9.59 Å². The molecule has 0 aromatic heterocycles. The number of hydrogen-bond donors (Lipinski definition) is 1. The molecule has 6 heteroatoms. The number of likely N-dealkylation sites (N-methyl/N-ethyl adjacent to an activating group) is 1. The van der Waals surface area contributed by atoms with E-state index >= 15 is 0 Å². The molecule has 2 rings (SSSR count). The molecule has 6 nitrogen and oxygen atoms in total. The van der Waals surface area contributed by atoms with Gasteiger partial charge in [-0.2, -0.15) is 5.26 Å². The highest BCUT2D eigenvalue weighted by molar-refractivity contribution is 5.89. The lowest BCUT2D eigenvalue weighted by Crippen LogP contribution is -2.35. The number of nitrogens with one attached hydrogen (secondary N) is 1. The van der Waals surface area contributed by atoms with E-state index in [4.69, 9.17) is 5.26 Å². The third-order valence-corrected chi connectivity index (χ3v) is 3.95. The molecule has 0 bridgehead atoms. The van der Waals surface area contributed by atoms with Crippen LogP contribution in [0.25, 0.3) is 0 Å². The minimum absolute atomic E-state index is 0.0466. The summed E-state index contributed by atoms with van der Waals surface area (Å²) in [7, 11) is 3.92. The van der Waals surface area contributed by atoms with Gasteiger partial charge in [0.25, 0.3) is 0 Å². The molecule has 1 saturated heterocycles. The molecule has 1 fully saturated rings. The fraction of sp³-hybridized carbons (Fsp3) is 0.471. The summed E-state index contributed by atoms with van der Waals surface area (Å²) in [4.78, 5) is 27.9. The van der Waals surface area contributed by atoms with Gasteiger partial charge in [-0.25, -0.2) is 0 Å². The van der Waals surface area contributed by atoms with Crippen LogP contribution in [0.3, 0.4) is 0 Å². The molecule has 1 N–H and O–H groups in total. The summed E-state index contributed by atoms with van der Waals surface area (Å²) >= 11 is 0. The van der Waals surface area contributed by atoms with E-state index in [1.54, 1.807) is 17.0 Å². The summed E-state index contributed by atoms with van der Waals surface area (Å²) in [5.74, 6) is -0.316. The van der Waals surface area contributed by atoms with Crippen LogP contribution < -0.4 is 5.32 Å². The summed E-state index contributed by atoms with van der Waals surface area (Å²) in [5, 5.41) is 11.6. The summed E-state index contributed by atoms with van der Waals surface area (Å²) in [6.07, 6.45) is 0.284. The van der Waals surface area contributed by atoms with E-state index in [1.165, 1.54) is 0 Å². The molecule has 1 aliphatic heterocycles. The second-order valence-electron chi connectivity index (χ2n) is 6.07. The van der Waals surface area contributed by atoms with Crippen molar-refractivity contribution in [2.75, 3.05) is 33.7 Å². The van der Waals surface area contributed by atoms with Crippen molar-refractivity contribution in [3.8, 4) is 6.07 Å². The number of hydrogen-bond acceptors (Lipinski definition) is 4. The van der Waals surface area contributed by atoms with E-state index in [0.717, 1.165) is 12.1 Å². The molecule has 1 heterocycles. The Hall–Kier alpha value is -2.39. The number of nitriles is 1. The molecule has 23 heavy (non-hydrogen) atoms. The van der Waals surface area contributed by atoms with Crippen molar-refractivity contribution in [2.24, 2.45) is 5.92 Å². The molecular formula is C17H22N4O2. The topological polar surface area (TPSA) is 76.4 Å². The average molecular weight is 314 g/mol. The van der Waals surface area contributed by atoms with Crippen molar-refractivity contribution >= 4 is 11.8 Å². The van der Waals surface area contributed by atoms with Crippen molar-refractivity contribution in [3.05, 3.63) is 35.4 Å². The van der Waals surface area contributed by atoms with E-state index < -0.39 is 0 Å². The number of amides is 2. The van der Waals surface area contributed by atoms with Crippen LogP contribution in [-0.2, 0) is 16.1 Å². The van der Waals surface area contributed by atoms with Crippen LogP contribution in [0.2, 0.25) is 0 Å². The third kappa shape index (κ3) is 4.80. The first kappa shape index (κ1) is 17.0. The van der Waals surface area contributed by atoms with Gasteiger partial charge in [0.2, 0.25) is 11.8 Å². The molecule has 122 valence electrons. The van der Waals surface area contributed by atoms with Crippen LogP contribution in [-0.4, -0.2) is 55.3 Å². The zero-order chi connectivity index (χ0) is 16.8. The Morgan fingerprint density at radius 3 is 2.70 bits per heavy atom. The standard InChI is InChI=1S/C17H22N4O2/c1-20(2)7-8-21-12-15(9-16(21)22)17(23)19-11-14-5-3-13(10-18)4-6-14/h3-6,15H,7-9,11-12H2,1-2H3,(H,19,23)/t15-/m0/s1. The summed E-state index contributed by atoms with van der Waals surface area (Å²) in [5.41, 5.74) is 1.53. The number of carbonyl (C=O) groups is 2. The molecule has 1 aromatic rings. The van der Waals surface area contributed by atoms with Crippen molar-refractivity contribution in [3.63, 3.8) is 0 Å². The highest BCUT2D eigenvalue weighted by Crippen LogP contribution is 2.17. The molecular weight excluding hydrogens is 292 g/mol. The summed E-state index contributed by atoms with van der Waals surface area (Å²) in [6.45, 7) is 2.36. The van der Waals surface area contributed by atoms with Gasteiger partial charge in [-0.1, -0.05) is 12.1 Å². The maximum atomic E-state index is 12.2. The predicted molar refractivity (Wildman–Crippen MR) is 86.2 cm³/mol. The maximum absolute atomic E-state index is 12.2. The Morgan fingerprint density at radius 2 is 2.09 bits per heavy atom. The minimum Gasteiger partial charge on any atom is -0.352 e. The molecule has 0 saturated carbocycles. The Kier molecular flexibility index (Phi) is 5.72. The summed E-state index contributed by atoms with van der Waals surface area (Å²) < 4.78 is 0. The number of carbonyl (C=O) groups excluding carboxylic acids is 2. The van der Waals surface area contributed by atoms with Crippen LogP contribution >= 0.6 is 0 Å². The van der Waals surface area contributed by atoms with Crippen molar-refractivity contribution in [1.82, 2.24) is 15.1 Å². The van der Waals surface area contributed by atoms with E-state index in [0.29, 0.717) is 25.2 Å². The molecule has 2 amide bonds. The Balaban J connectivity index is 1.81. The van der Waals surface area contributed by atoms with Gasteiger partial charge in [-0.15, -0.1) is 0 Å². The second kappa shape index (κ2) is 7.75. The van der Waals surface area contributed by atoms with Crippen molar-refractivity contribution < 1.29 is 9.59 Å². The average Bonchev–Trinajstić information content (AvgIpc) is 2.92. The number of nitrogens with zero attached hydrogens (tertiary/aromatic N) is 3. The minimum atomic E-state index is -0.275. The van der Waals surface area contributed by atoms with Crippen LogP contribution in [0, 0.1) is 17.2 Å². The quantitative estimate of drug-likeness (QED) is 0.833. The van der Waals surface area contributed by atoms with Crippen LogP contribution in [0.5, 0.6) is 0 Å². The molecule has 0 radical (unpaired) electrons. The molecule has 0 aliphatic carbocycles. The highest BCUT2D eigenvalue weighted by atomic mass is 16.2. The van der Waals surface area contributed by atoms with Gasteiger partial charge in [-0.3, -0.25) is 9.59 Å². The number of likely N-dealkylation sites (tertiary alicyclic amines) is 1. The van der Waals surface area contributed by atoms with Gasteiger partial charge < -0.3 is 15.1 Å². The fourth-order valence-corrected chi connectivity index (χ4v) is 2.52. The van der Waals surface area contributed by atoms with Gasteiger partial charge in [0.1, 0.15) is 0 Å². The smallest absolute Gasteiger partial charge is 0.225 e. The van der Waals surface area contributed by atoms with Crippen molar-refractivity contribution in [1.29, 1.82) is 5.26 Å². The lowest BCUT2D eigenvalue weighted by atomic mass is 10.1. The van der Waals surface area contributed by atoms with Gasteiger partial charge in [-0.05, 0) is 31.8 Å². The Labute approximate surface area is 136 Å². The van der Waals surface area contributed by atoms with E-state index in [1.807, 2.05) is 31.1 Å². The zero-order valence-electron chi connectivity index (χ0n) is 13.6.